The van der Waals surface area contributed by atoms with Gasteiger partial charge in [0, 0.05) is 42.4 Å². The number of anilines is 1. The summed E-state index contributed by atoms with van der Waals surface area (Å²) in [7, 11) is 2.13. The molecule has 0 amide bonds. The van der Waals surface area contributed by atoms with E-state index in [1.807, 2.05) is 0 Å². The number of hydrogen-bond acceptors (Lipinski definition) is 1. The number of para-hydroxylation sites is 2. The third-order valence-electron chi connectivity index (χ3n) is 6.49. The zero-order chi connectivity index (χ0) is 20.9. The number of rotatable bonds is 5. The van der Waals surface area contributed by atoms with Gasteiger partial charge in [0.15, 0.2) is 5.11 Å². The fourth-order valence-electron chi connectivity index (χ4n) is 4.81. The molecule has 1 heterocycles. The zero-order valence-corrected chi connectivity index (χ0v) is 19.0. The van der Waals surface area contributed by atoms with Crippen LogP contribution < -0.4 is 5.32 Å². The number of hydrogen-bond donors (Lipinski definition) is 1. The van der Waals surface area contributed by atoms with Crippen molar-refractivity contribution in [1.29, 1.82) is 0 Å². The number of aryl methyl sites for hydroxylation is 2. The Morgan fingerprint density at radius 2 is 1.70 bits per heavy atom. The predicted molar refractivity (Wildman–Crippen MR) is 132 cm³/mol. The summed E-state index contributed by atoms with van der Waals surface area (Å²) in [5.74, 6) is 0. The van der Waals surface area contributed by atoms with Crippen molar-refractivity contribution in [2.24, 2.45) is 7.05 Å². The van der Waals surface area contributed by atoms with Crippen LogP contribution in [0, 0.1) is 0 Å². The van der Waals surface area contributed by atoms with Gasteiger partial charge in [-0.1, -0.05) is 69.0 Å². The average molecular weight is 420 g/mol. The summed E-state index contributed by atoms with van der Waals surface area (Å²) in [5, 5.41) is 5.79. The highest BCUT2D eigenvalue weighted by Gasteiger charge is 2.24. The number of nitrogens with zero attached hydrogens (tertiary/aromatic N) is 2. The van der Waals surface area contributed by atoms with E-state index >= 15 is 0 Å². The number of fused-ring (bicyclic) bond motifs is 1. The van der Waals surface area contributed by atoms with Gasteiger partial charge in [-0.25, -0.2) is 0 Å². The summed E-state index contributed by atoms with van der Waals surface area (Å²) in [6.45, 7) is 3.05. The second kappa shape index (κ2) is 9.65. The molecule has 0 atom stereocenters. The monoisotopic (exact) mass is 419 g/mol. The molecule has 30 heavy (non-hydrogen) atoms. The Hall–Kier alpha value is -2.33. The fraction of sp³-hybridized carbons (Fsp3) is 0.423. The van der Waals surface area contributed by atoms with Gasteiger partial charge in [0.05, 0.1) is 0 Å². The maximum atomic E-state index is 6.03. The van der Waals surface area contributed by atoms with Gasteiger partial charge in [-0.2, -0.15) is 0 Å². The van der Waals surface area contributed by atoms with Crippen LogP contribution in [0.5, 0.6) is 0 Å². The number of nitrogens with one attached hydrogen (secondary N) is 1. The number of aromatic nitrogens is 1. The van der Waals surface area contributed by atoms with Crippen LogP contribution >= 0.6 is 12.2 Å². The molecule has 2 aromatic carbocycles. The molecule has 158 valence electrons. The van der Waals surface area contributed by atoms with Crippen LogP contribution in [0.25, 0.3) is 10.9 Å². The minimum absolute atomic E-state index is 0.500. The first-order chi connectivity index (χ1) is 14.7. The minimum Gasteiger partial charge on any atom is -0.350 e. The molecule has 0 radical (unpaired) electrons. The van der Waals surface area contributed by atoms with Crippen LogP contribution in [-0.2, 0) is 20.0 Å². The quantitative estimate of drug-likeness (QED) is 0.369. The van der Waals surface area contributed by atoms with E-state index in [9.17, 15) is 0 Å². The van der Waals surface area contributed by atoms with E-state index in [1.165, 1.54) is 60.6 Å². The van der Waals surface area contributed by atoms with E-state index in [4.69, 9.17) is 12.2 Å². The normalized spacial score (nSPS) is 15.1. The molecule has 3 nitrogen and oxygen atoms in total. The Kier molecular flexibility index (Phi) is 6.73. The largest absolute Gasteiger partial charge is 0.350 e. The lowest BCUT2D eigenvalue weighted by molar-refractivity contribution is 0.281. The van der Waals surface area contributed by atoms with Crippen LogP contribution in [0.1, 0.15) is 56.6 Å². The SMILES string of the molecule is CCc1ccccc1NC(=S)N(Cc1cn(C)c2ccccc12)C1CCCCCC1. The van der Waals surface area contributed by atoms with Gasteiger partial charge in [0.25, 0.3) is 0 Å². The van der Waals surface area contributed by atoms with E-state index in [0.717, 1.165) is 23.8 Å². The van der Waals surface area contributed by atoms with Crippen molar-refractivity contribution in [3.05, 3.63) is 65.9 Å². The van der Waals surface area contributed by atoms with Gasteiger partial charge in [-0.3, -0.25) is 0 Å². The van der Waals surface area contributed by atoms with Gasteiger partial charge in [0.1, 0.15) is 0 Å². The molecular formula is C26H33N3S. The van der Waals surface area contributed by atoms with E-state index in [0.29, 0.717) is 6.04 Å². The lowest BCUT2D eigenvalue weighted by atomic mass is 10.1. The van der Waals surface area contributed by atoms with Crippen molar-refractivity contribution in [2.75, 3.05) is 5.32 Å². The number of benzene rings is 2. The first kappa shape index (κ1) is 20.9. The van der Waals surface area contributed by atoms with Gasteiger partial charge in [-0.05, 0) is 54.7 Å². The highest BCUT2D eigenvalue weighted by molar-refractivity contribution is 7.80. The fourth-order valence-corrected chi connectivity index (χ4v) is 5.13. The molecule has 0 saturated heterocycles. The summed E-state index contributed by atoms with van der Waals surface area (Å²) in [4.78, 5) is 2.47. The Labute approximate surface area is 186 Å². The Morgan fingerprint density at radius 3 is 2.47 bits per heavy atom. The Bertz CT molecular complexity index is 998. The van der Waals surface area contributed by atoms with Crippen LogP contribution in [0.3, 0.4) is 0 Å². The molecule has 0 spiro atoms. The molecule has 1 saturated carbocycles. The second-order valence-electron chi connectivity index (χ2n) is 8.50. The first-order valence-electron chi connectivity index (χ1n) is 11.4. The lowest BCUT2D eigenvalue weighted by Crippen LogP contribution is -2.42. The number of thiocarbonyl (C=S) groups is 1. The molecule has 4 heteroatoms. The van der Waals surface area contributed by atoms with Crippen LogP contribution in [0.2, 0.25) is 0 Å². The second-order valence-corrected chi connectivity index (χ2v) is 8.88. The van der Waals surface area contributed by atoms with Crippen molar-refractivity contribution < 1.29 is 0 Å². The Balaban J connectivity index is 1.64. The predicted octanol–water partition coefficient (Wildman–Crippen LogP) is 6.66. The maximum absolute atomic E-state index is 6.03. The van der Waals surface area contributed by atoms with E-state index < -0.39 is 0 Å². The standard InChI is InChI=1S/C26H33N3S/c1-3-20-12-8-10-16-24(20)27-26(30)29(22-13-6-4-5-7-14-22)19-21-18-28(2)25-17-11-9-15-23(21)25/h8-12,15-18,22H,3-7,13-14,19H2,1-2H3,(H,27,30). The topological polar surface area (TPSA) is 20.2 Å². The molecule has 4 rings (SSSR count). The van der Waals surface area contributed by atoms with Gasteiger partial charge in [0.2, 0.25) is 0 Å². The van der Waals surface area contributed by atoms with Crippen molar-refractivity contribution in [3.63, 3.8) is 0 Å². The third-order valence-corrected chi connectivity index (χ3v) is 6.82. The van der Waals surface area contributed by atoms with E-state index in [-0.39, 0.29) is 0 Å². The Morgan fingerprint density at radius 1 is 1.00 bits per heavy atom. The molecule has 0 unspecified atom stereocenters. The van der Waals surface area contributed by atoms with Crippen LogP contribution in [0.4, 0.5) is 5.69 Å². The molecule has 3 aromatic rings. The average Bonchev–Trinajstić information content (AvgIpc) is 2.93. The lowest BCUT2D eigenvalue weighted by Gasteiger charge is -2.34. The maximum Gasteiger partial charge on any atom is 0.173 e. The van der Waals surface area contributed by atoms with E-state index in [2.05, 4.69) is 83.5 Å². The van der Waals surface area contributed by atoms with Crippen molar-refractivity contribution in [1.82, 2.24) is 9.47 Å². The molecule has 0 aliphatic heterocycles. The molecule has 1 N–H and O–H groups in total. The first-order valence-corrected chi connectivity index (χ1v) is 11.8. The third kappa shape index (κ3) is 4.54. The minimum atomic E-state index is 0.500. The highest BCUT2D eigenvalue weighted by Crippen LogP contribution is 2.28. The van der Waals surface area contributed by atoms with Gasteiger partial charge in [-0.15, -0.1) is 0 Å². The summed E-state index contributed by atoms with van der Waals surface area (Å²) in [6.07, 6.45) is 11.0. The smallest absolute Gasteiger partial charge is 0.173 e. The summed E-state index contributed by atoms with van der Waals surface area (Å²) < 4.78 is 2.23. The summed E-state index contributed by atoms with van der Waals surface area (Å²) >= 11 is 6.03. The van der Waals surface area contributed by atoms with Crippen LogP contribution in [-0.4, -0.2) is 20.6 Å². The summed E-state index contributed by atoms with van der Waals surface area (Å²) in [6, 6.07) is 17.7. The zero-order valence-electron chi connectivity index (χ0n) is 18.2. The van der Waals surface area contributed by atoms with Gasteiger partial charge < -0.3 is 14.8 Å². The van der Waals surface area contributed by atoms with Gasteiger partial charge >= 0.3 is 0 Å². The van der Waals surface area contributed by atoms with Crippen molar-refractivity contribution in [3.8, 4) is 0 Å². The molecule has 1 aromatic heterocycles. The highest BCUT2D eigenvalue weighted by atomic mass is 32.1. The van der Waals surface area contributed by atoms with Crippen LogP contribution in [0.15, 0.2) is 54.7 Å². The molecule has 1 aliphatic carbocycles. The molecule has 0 bridgehead atoms. The summed E-state index contributed by atoms with van der Waals surface area (Å²) in [5.41, 5.74) is 5.08. The van der Waals surface area contributed by atoms with Crippen molar-refractivity contribution in [2.45, 2.75) is 64.5 Å². The van der Waals surface area contributed by atoms with E-state index in [1.54, 1.807) is 0 Å². The molecular weight excluding hydrogens is 386 g/mol. The molecule has 1 aliphatic rings. The molecule has 1 fully saturated rings. The van der Waals surface area contributed by atoms with Crippen molar-refractivity contribution >= 4 is 33.9 Å².